The molecule has 2 fully saturated rings. The van der Waals surface area contributed by atoms with Crippen molar-refractivity contribution in [1.29, 1.82) is 0 Å². The molecule has 2 heterocycles. The lowest BCUT2D eigenvalue weighted by atomic mass is 9.93. The van der Waals surface area contributed by atoms with Gasteiger partial charge in [-0.3, -0.25) is 9.80 Å². The zero-order chi connectivity index (χ0) is 23.2. The first-order valence-corrected chi connectivity index (χ1v) is 12.2. The van der Waals surface area contributed by atoms with Crippen LogP contribution < -0.4 is 15.4 Å². The molecule has 8 nitrogen and oxygen atoms in total. The van der Waals surface area contributed by atoms with E-state index in [1.165, 1.54) is 39.2 Å². The van der Waals surface area contributed by atoms with Crippen LogP contribution in [0, 0.1) is 0 Å². The van der Waals surface area contributed by atoms with Gasteiger partial charge in [0.15, 0.2) is 0 Å². The molecule has 0 spiro atoms. The highest BCUT2D eigenvalue weighted by Crippen LogP contribution is 2.34. The molecule has 1 saturated carbocycles. The number of nitrogens with zero attached hydrogens (tertiary/aromatic N) is 2. The fourth-order valence-corrected chi connectivity index (χ4v) is 5.29. The maximum absolute atomic E-state index is 12.9. The summed E-state index contributed by atoms with van der Waals surface area (Å²) in [5.74, 6) is 0.198. The first-order chi connectivity index (χ1) is 16.1. The van der Waals surface area contributed by atoms with E-state index in [1.807, 2.05) is 31.2 Å². The molecule has 1 atom stereocenters. The second-order valence-electron chi connectivity index (χ2n) is 8.99. The molecule has 33 heavy (non-hydrogen) atoms. The lowest BCUT2D eigenvalue weighted by Crippen LogP contribution is -2.53. The summed E-state index contributed by atoms with van der Waals surface area (Å²) in [5.41, 5.74) is 1.78. The van der Waals surface area contributed by atoms with Crippen molar-refractivity contribution in [3.8, 4) is 5.75 Å². The normalized spacial score (nSPS) is 23.1. The molecule has 0 radical (unpaired) electrons. The van der Waals surface area contributed by atoms with E-state index in [0.29, 0.717) is 36.2 Å². The molecule has 1 aromatic carbocycles. The van der Waals surface area contributed by atoms with Crippen LogP contribution in [0.1, 0.15) is 50.6 Å². The number of urea groups is 1. The molecule has 2 amide bonds. The molecule has 180 valence electrons. The molecule has 1 unspecified atom stereocenters. The van der Waals surface area contributed by atoms with Crippen LogP contribution in [0.15, 0.2) is 35.5 Å². The average molecular weight is 457 g/mol. The van der Waals surface area contributed by atoms with E-state index in [9.17, 15) is 9.59 Å². The SMILES string of the molecule is CCOc1ccccc1C1NC(=O)NC(CN2CCN(C3CCCCC3)CC2)=C1C(=O)OC. The quantitative estimate of drug-likeness (QED) is 0.614. The van der Waals surface area contributed by atoms with Crippen LogP contribution in [0.4, 0.5) is 4.79 Å². The number of rotatable bonds is 7. The molecule has 1 aromatic rings. The van der Waals surface area contributed by atoms with E-state index < -0.39 is 12.0 Å². The third kappa shape index (κ3) is 5.50. The summed E-state index contributed by atoms with van der Waals surface area (Å²) in [5, 5.41) is 5.79. The minimum absolute atomic E-state index is 0.324. The van der Waals surface area contributed by atoms with Crippen molar-refractivity contribution < 1.29 is 19.1 Å². The molecule has 2 aliphatic heterocycles. The Balaban J connectivity index is 1.54. The van der Waals surface area contributed by atoms with E-state index >= 15 is 0 Å². The molecular formula is C25H36N4O4. The monoisotopic (exact) mass is 456 g/mol. The topological polar surface area (TPSA) is 83.1 Å². The van der Waals surface area contributed by atoms with E-state index in [2.05, 4.69) is 20.4 Å². The van der Waals surface area contributed by atoms with Crippen molar-refractivity contribution in [1.82, 2.24) is 20.4 Å². The molecule has 3 aliphatic rings. The van der Waals surface area contributed by atoms with Crippen LogP contribution in [-0.2, 0) is 9.53 Å². The van der Waals surface area contributed by atoms with Crippen LogP contribution in [-0.4, -0.2) is 74.3 Å². The lowest BCUT2D eigenvalue weighted by Gasteiger charge is -2.41. The van der Waals surface area contributed by atoms with Crippen molar-refractivity contribution in [2.24, 2.45) is 0 Å². The Hall–Kier alpha value is -2.58. The smallest absolute Gasteiger partial charge is 0.338 e. The van der Waals surface area contributed by atoms with Gasteiger partial charge in [-0.15, -0.1) is 0 Å². The standard InChI is InChI=1S/C25H36N4O4/c1-3-33-21-12-8-7-11-19(21)23-22(24(30)32-2)20(26-25(31)27-23)17-28-13-15-29(16-14-28)18-9-5-4-6-10-18/h7-8,11-12,18,23H,3-6,9-10,13-17H2,1-2H3,(H2,26,27,31). The third-order valence-corrected chi connectivity index (χ3v) is 6.97. The first-order valence-electron chi connectivity index (χ1n) is 12.2. The predicted octanol–water partition coefficient (Wildman–Crippen LogP) is 2.82. The van der Waals surface area contributed by atoms with Gasteiger partial charge in [0.2, 0.25) is 0 Å². The predicted molar refractivity (Wildman–Crippen MR) is 126 cm³/mol. The number of amides is 2. The van der Waals surface area contributed by atoms with Gasteiger partial charge >= 0.3 is 12.0 Å². The molecule has 0 aromatic heterocycles. The van der Waals surface area contributed by atoms with Crippen LogP contribution >= 0.6 is 0 Å². The number of nitrogens with one attached hydrogen (secondary N) is 2. The molecule has 1 saturated heterocycles. The van der Waals surface area contributed by atoms with Crippen LogP contribution in [0.5, 0.6) is 5.75 Å². The van der Waals surface area contributed by atoms with E-state index in [-0.39, 0.29) is 6.03 Å². The van der Waals surface area contributed by atoms with E-state index in [0.717, 1.165) is 31.7 Å². The van der Waals surface area contributed by atoms with Crippen LogP contribution in [0.2, 0.25) is 0 Å². The van der Waals surface area contributed by atoms with Gasteiger partial charge in [0.1, 0.15) is 5.75 Å². The fourth-order valence-electron chi connectivity index (χ4n) is 5.29. The third-order valence-electron chi connectivity index (χ3n) is 6.97. The number of hydrogen-bond acceptors (Lipinski definition) is 6. The minimum Gasteiger partial charge on any atom is -0.494 e. The highest BCUT2D eigenvalue weighted by atomic mass is 16.5. The maximum atomic E-state index is 12.9. The molecule has 2 N–H and O–H groups in total. The van der Waals surface area contributed by atoms with Crippen molar-refractivity contribution in [2.45, 2.75) is 51.1 Å². The Morgan fingerprint density at radius 3 is 2.52 bits per heavy atom. The summed E-state index contributed by atoms with van der Waals surface area (Å²) in [7, 11) is 1.37. The number of ether oxygens (including phenoxy) is 2. The number of hydrogen-bond donors (Lipinski definition) is 2. The largest absolute Gasteiger partial charge is 0.494 e. The van der Waals surface area contributed by atoms with Crippen LogP contribution in [0.3, 0.4) is 0 Å². The van der Waals surface area contributed by atoms with E-state index in [4.69, 9.17) is 9.47 Å². The minimum atomic E-state index is -0.632. The zero-order valence-corrected chi connectivity index (χ0v) is 19.8. The maximum Gasteiger partial charge on any atom is 0.338 e. The fraction of sp³-hybridized carbons (Fsp3) is 0.600. The summed E-state index contributed by atoms with van der Waals surface area (Å²) in [4.78, 5) is 30.4. The summed E-state index contributed by atoms with van der Waals surface area (Å²) in [6, 6.07) is 7.25. The Morgan fingerprint density at radius 2 is 1.82 bits per heavy atom. The van der Waals surface area contributed by atoms with Crippen molar-refractivity contribution in [2.75, 3.05) is 46.4 Å². The van der Waals surface area contributed by atoms with Gasteiger partial charge in [-0.05, 0) is 25.8 Å². The van der Waals surface area contributed by atoms with Crippen molar-refractivity contribution >= 4 is 12.0 Å². The highest BCUT2D eigenvalue weighted by molar-refractivity contribution is 5.95. The van der Waals surface area contributed by atoms with Crippen molar-refractivity contribution in [3.63, 3.8) is 0 Å². The Bertz CT molecular complexity index is 873. The van der Waals surface area contributed by atoms with Gasteiger partial charge in [0.25, 0.3) is 0 Å². The molecule has 4 rings (SSSR count). The second kappa shape index (κ2) is 11.0. The van der Waals surface area contributed by atoms with Gasteiger partial charge in [0, 0.05) is 50.0 Å². The average Bonchev–Trinajstić information content (AvgIpc) is 2.85. The number of methoxy groups -OCH3 is 1. The van der Waals surface area contributed by atoms with Gasteiger partial charge in [-0.25, -0.2) is 9.59 Å². The Labute approximate surface area is 196 Å². The number of benzene rings is 1. The highest BCUT2D eigenvalue weighted by Gasteiger charge is 2.36. The zero-order valence-electron chi connectivity index (χ0n) is 19.8. The summed E-state index contributed by atoms with van der Waals surface area (Å²) in [6.45, 7) is 6.78. The number of para-hydroxylation sites is 1. The summed E-state index contributed by atoms with van der Waals surface area (Å²) < 4.78 is 10.9. The molecule has 1 aliphatic carbocycles. The van der Waals surface area contributed by atoms with Gasteiger partial charge in [0.05, 0.1) is 25.3 Å². The molecule has 0 bridgehead atoms. The number of carbonyl (C=O) groups is 2. The number of carbonyl (C=O) groups excluding carboxylic acids is 2. The van der Waals surface area contributed by atoms with E-state index in [1.54, 1.807) is 0 Å². The van der Waals surface area contributed by atoms with Gasteiger partial charge in [-0.2, -0.15) is 0 Å². The lowest BCUT2D eigenvalue weighted by molar-refractivity contribution is -0.136. The second-order valence-corrected chi connectivity index (χ2v) is 8.99. The summed E-state index contributed by atoms with van der Waals surface area (Å²) in [6.07, 6.45) is 6.65. The van der Waals surface area contributed by atoms with Crippen LogP contribution in [0.25, 0.3) is 0 Å². The molecule has 8 heteroatoms. The number of piperazine rings is 1. The Kier molecular flexibility index (Phi) is 7.88. The van der Waals surface area contributed by atoms with Gasteiger partial charge in [-0.1, -0.05) is 37.5 Å². The number of esters is 1. The molecular weight excluding hydrogens is 420 g/mol. The Morgan fingerprint density at radius 1 is 1.09 bits per heavy atom. The first kappa shape index (κ1) is 23.6. The van der Waals surface area contributed by atoms with Gasteiger partial charge < -0.3 is 20.1 Å². The summed E-state index contributed by atoms with van der Waals surface area (Å²) >= 11 is 0. The van der Waals surface area contributed by atoms with Crippen molar-refractivity contribution in [3.05, 3.63) is 41.1 Å².